The quantitative estimate of drug-likeness (QED) is 0.243. The number of thiocarbonyl (C=S) groups is 1. The molecule has 5 N–H and O–H groups in total. The molecule has 0 saturated heterocycles. The number of nitrogens with zero attached hydrogens (tertiary/aromatic N) is 2. The fraction of sp³-hybridized carbons (Fsp3) is 0.333. The molecular weight excluding hydrogens is 494 g/mol. The van der Waals surface area contributed by atoms with E-state index in [1.165, 1.54) is 12.4 Å². The molecule has 1 aliphatic heterocycles. The molecule has 0 aliphatic carbocycles. The normalized spacial score (nSPS) is 17.6. The van der Waals surface area contributed by atoms with Crippen molar-refractivity contribution in [2.24, 2.45) is 11.5 Å². The average molecular weight is 515 g/mol. The maximum atomic E-state index is 13.9. The maximum Gasteiger partial charge on any atom is 0.430 e. The van der Waals surface area contributed by atoms with Gasteiger partial charge in [0.05, 0.1) is 13.0 Å². The van der Waals surface area contributed by atoms with Crippen molar-refractivity contribution in [3.8, 4) is 0 Å². The van der Waals surface area contributed by atoms with E-state index in [9.17, 15) is 22.4 Å². The molecule has 188 valence electrons. The molecule has 3 rings (SSSR count). The molecule has 2 aromatic heterocycles. The lowest BCUT2D eigenvalue weighted by atomic mass is 9.91. The van der Waals surface area contributed by atoms with Crippen LogP contribution in [-0.4, -0.2) is 58.6 Å². The molecule has 0 bridgehead atoms. The molecule has 14 heteroatoms. The third-order valence-corrected chi connectivity index (χ3v) is 5.04. The third kappa shape index (κ3) is 7.23. The molecule has 1 aliphatic rings. The molecule has 3 heterocycles. The van der Waals surface area contributed by atoms with Crippen LogP contribution in [0.2, 0.25) is 0 Å². The van der Waals surface area contributed by atoms with Gasteiger partial charge in [-0.3, -0.25) is 25.5 Å². The van der Waals surface area contributed by atoms with Crippen LogP contribution < -0.4 is 21.6 Å². The van der Waals surface area contributed by atoms with Crippen LogP contribution in [0.25, 0.3) is 0 Å². The molecule has 9 nitrogen and oxygen atoms in total. The number of rotatable bonds is 6. The minimum atomic E-state index is -5.19. The van der Waals surface area contributed by atoms with Crippen molar-refractivity contribution >= 4 is 34.8 Å². The summed E-state index contributed by atoms with van der Waals surface area (Å²) in [7, 11) is 0. The van der Waals surface area contributed by atoms with E-state index in [-0.39, 0.29) is 30.4 Å². The molecule has 0 amide bonds. The van der Waals surface area contributed by atoms with Gasteiger partial charge >= 0.3 is 6.18 Å². The van der Waals surface area contributed by atoms with Crippen molar-refractivity contribution in [1.29, 1.82) is 0 Å². The number of carbonyl (C=O) groups excluding carboxylic acids is 2. The molecule has 0 spiro atoms. The summed E-state index contributed by atoms with van der Waals surface area (Å²) >= 11 is 4.93. The van der Waals surface area contributed by atoms with E-state index in [4.69, 9.17) is 38.3 Å². The minimum absolute atomic E-state index is 0.0243. The Hall–Kier alpha value is -3.52. The first-order valence-corrected chi connectivity index (χ1v) is 10.3. The SMILES string of the molecule is Cc1cc(C(N)=S)cnc1C(=O)Cc1cc(C2(CF)COCC(N)=[NH+]2)ccn1.O=C([O-])C(F)(F)F. The summed E-state index contributed by atoms with van der Waals surface area (Å²) in [5, 5.41) is 8.78. The lowest BCUT2D eigenvalue weighted by Gasteiger charge is -2.28. The van der Waals surface area contributed by atoms with E-state index in [1.807, 2.05) is 0 Å². The first kappa shape index (κ1) is 27.7. The highest BCUT2D eigenvalue weighted by atomic mass is 32.1. The number of hydrogen-bond acceptors (Lipinski definition) is 8. The van der Waals surface area contributed by atoms with Gasteiger partial charge in [-0.2, -0.15) is 13.2 Å². The number of pyridine rings is 2. The van der Waals surface area contributed by atoms with Crippen LogP contribution in [0.4, 0.5) is 17.6 Å². The predicted octanol–water partition coefficient (Wildman–Crippen LogP) is -1.22. The van der Waals surface area contributed by atoms with Crippen molar-refractivity contribution in [1.82, 2.24) is 9.97 Å². The number of ketones is 1. The van der Waals surface area contributed by atoms with E-state index in [0.29, 0.717) is 33.9 Å². The monoisotopic (exact) mass is 515 g/mol. The summed E-state index contributed by atoms with van der Waals surface area (Å²) in [4.78, 5) is 33.1. The summed E-state index contributed by atoms with van der Waals surface area (Å²) < 4.78 is 50.8. The molecule has 0 saturated carbocycles. The lowest BCUT2D eigenvalue weighted by molar-refractivity contribution is -0.581. The number of aliphatic carboxylic acids is 1. The standard InChI is InChI=1S/C19H20FN5O2S.C2HF3O2/c1-11-4-12(18(22)28)7-24-17(11)15(26)6-14-5-13(2-3-23-14)19(9-20)10-27-8-16(21)25-19;3-2(4,5)1(6)7/h2-5,7H,6,8-10H2,1H3,(H2,21,25)(H2,22,28);(H,6,7). The van der Waals surface area contributed by atoms with Crippen LogP contribution in [0.15, 0.2) is 30.6 Å². The molecule has 0 aromatic carbocycles. The zero-order valence-corrected chi connectivity index (χ0v) is 19.1. The second-order valence-corrected chi connectivity index (χ2v) is 7.97. The van der Waals surface area contributed by atoms with Crippen molar-refractivity contribution in [2.45, 2.75) is 25.1 Å². The summed E-state index contributed by atoms with van der Waals surface area (Å²) in [6, 6.07) is 5.10. The Morgan fingerprint density at radius 2 is 1.97 bits per heavy atom. The van der Waals surface area contributed by atoms with Crippen LogP contribution in [0.1, 0.15) is 32.9 Å². The van der Waals surface area contributed by atoms with Gasteiger partial charge in [-0.05, 0) is 30.7 Å². The molecule has 1 unspecified atom stereocenters. The second-order valence-electron chi connectivity index (χ2n) is 7.53. The number of halogens is 4. The Morgan fingerprint density at radius 3 is 2.49 bits per heavy atom. The van der Waals surface area contributed by atoms with E-state index in [1.54, 1.807) is 25.1 Å². The topological polar surface area (TPSA) is 158 Å². The zero-order chi connectivity index (χ0) is 26.4. The molecule has 1 atom stereocenters. The average Bonchev–Trinajstić information content (AvgIpc) is 2.78. The van der Waals surface area contributed by atoms with Crippen LogP contribution in [-0.2, 0) is 21.5 Å². The van der Waals surface area contributed by atoms with Crippen molar-refractivity contribution in [3.63, 3.8) is 0 Å². The van der Waals surface area contributed by atoms with Gasteiger partial charge in [0.1, 0.15) is 29.9 Å². The summed E-state index contributed by atoms with van der Waals surface area (Å²) in [5.41, 5.74) is 13.0. The number of ether oxygens (including phenoxy) is 1. The highest BCUT2D eigenvalue weighted by molar-refractivity contribution is 7.80. The fourth-order valence-corrected chi connectivity index (χ4v) is 3.25. The third-order valence-electron chi connectivity index (χ3n) is 4.80. The van der Waals surface area contributed by atoms with Gasteiger partial charge in [-0.1, -0.05) is 12.2 Å². The molecule has 35 heavy (non-hydrogen) atoms. The largest absolute Gasteiger partial charge is 0.542 e. The van der Waals surface area contributed by atoms with Gasteiger partial charge in [-0.15, -0.1) is 0 Å². The van der Waals surface area contributed by atoms with Crippen LogP contribution in [0.3, 0.4) is 0 Å². The van der Waals surface area contributed by atoms with Crippen molar-refractivity contribution in [2.75, 3.05) is 19.9 Å². The zero-order valence-electron chi connectivity index (χ0n) is 18.3. The smallest absolute Gasteiger partial charge is 0.430 e. The molecule has 0 fully saturated rings. The van der Waals surface area contributed by atoms with Gasteiger partial charge in [0, 0.05) is 29.2 Å². The van der Waals surface area contributed by atoms with Crippen LogP contribution in [0, 0.1) is 6.92 Å². The number of nitrogens with two attached hydrogens (primary N) is 2. The van der Waals surface area contributed by atoms with E-state index in [0.717, 1.165) is 0 Å². The van der Waals surface area contributed by atoms with Crippen molar-refractivity contribution < 1.29 is 42.0 Å². The number of Topliss-reactive ketones (excluding diaryl/α,β-unsaturated/α-hetero) is 1. The van der Waals surface area contributed by atoms with Crippen LogP contribution >= 0.6 is 12.2 Å². The number of carbonyl (C=O) groups is 2. The number of carboxylic acid groups (broad SMARTS) is 1. The summed E-state index contributed by atoms with van der Waals surface area (Å²) in [5.74, 6) is -2.85. The van der Waals surface area contributed by atoms with Gasteiger partial charge in [0.2, 0.25) is 0 Å². The summed E-state index contributed by atoms with van der Waals surface area (Å²) in [6.45, 7) is 1.41. The van der Waals surface area contributed by atoms with E-state index in [2.05, 4.69) is 15.0 Å². The predicted molar refractivity (Wildman–Crippen MR) is 117 cm³/mol. The second kappa shape index (κ2) is 11.3. The Bertz CT molecular complexity index is 1160. The van der Waals surface area contributed by atoms with Gasteiger partial charge in [-0.25, -0.2) is 4.39 Å². The molecular formula is C21H21F4N5O4S. The Balaban J connectivity index is 0.000000540. The highest BCUT2D eigenvalue weighted by Crippen LogP contribution is 2.20. The highest BCUT2D eigenvalue weighted by Gasteiger charge is 2.39. The van der Waals surface area contributed by atoms with Gasteiger partial charge < -0.3 is 20.4 Å². The maximum absolute atomic E-state index is 13.9. The lowest BCUT2D eigenvalue weighted by Crippen LogP contribution is -2.91. The van der Waals surface area contributed by atoms with Gasteiger partial charge in [0.25, 0.3) is 5.84 Å². The fourth-order valence-electron chi connectivity index (χ4n) is 3.14. The summed E-state index contributed by atoms with van der Waals surface area (Å²) in [6.07, 6.45) is -2.15. The Kier molecular flexibility index (Phi) is 8.93. The van der Waals surface area contributed by atoms with Crippen LogP contribution in [0.5, 0.6) is 0 Å². The van der Waals surface area contributed by atoms with Gasteiger partial charge in [0.15, 0.2) is 11.3 Å². The van der Waals surface area contributed by atoms with E-state index >= 15 is 0 Å². The number of amidine groups is 1. The first-order valence-electron chi connectivity index (χ1n) is 9.85. The number of nitrogens with one attached hydrogen (secondary N) is 1. The number of aromatic nitrogens is 2. The first-order chi connectivity index (χ1) is 16.3. The number of carboxylic acids is 1. The number of aryl methyl sites for hydroxylation is 1. The number of hydrogen-bond donors (Lipinski definition) is 3. The van der Waals surface area contributed by atoms with Crippen molar-refractivity contribution in [3.05, 3.63) is 58.7 Å². The minimum Gasteiger partial charge on any atom is -0.542 e. The molecule has 0 radical (unpaired) electrons. The Labute approximate surface area is 202 Å². The molecule has 2 aromatic rings. The van der Waals surface area contributed by atoms with E-state index < -0.39 is 24.4 Å². The Morgan fingerprint density at radius 1 is 1.31 bits per heavy atom. The number of alkyl halides is 4.